The first-order valence-electron chi connectivity index (χ1n) is 4.92. The van der Waals surface area contributed by atoms with Crippen molar-refractivity contribution < 1.29 is 10.2 Å². The van der Waals surface area contributed by atoms with E-state index in [4.69, 9.17) is 5.73 Å². The standard InChI is InChI=1S/C11H12BrN3O2/c1-5-3-7(16)10(17)9(12)8(5)6-4-14-15(2)11(6)13/h3-4,16-17H,13H2,1-2H3. The van der Waals surface area contributed by atoms with Gasteiger partial charge in [0, 0.05) is 18.2 Å². The maximum atomic E-state index is 9.71. The van der Waals surface area contributed by atoms with Crippen LogP contribution in [0, 0.1) is 6.92 Å². The molecule has 5 nitrogen and oxygen atoms in total. The number of nitrogen functional groups attached to an aromatic ring is 1. The van der Waals surface area contributed by atoms with Crippen molar-refractivity contribution in [3.05, 3.63) is 22.3 Å². The van der Waals surface area contributed by atoms with Crippen LogP contribution >= 0.6 is 15.9 Å². The molecule has 90 valence electrons. The largest absolute Gasteiger partial charge is 0.504 e. The van der Waals surface area contributed by atoms with Crippen molar-refractivity contribution in [2.45, 2.75) is 6.92 Å². The zero-order valence-electron chi connectivity index (χ0n) is 9.40. The Morgan fingerprint density at radius 3 is 2.59 bits per heavy atom. The Morgan fingerprint density at radius 1 is 1.41 bits per heavy atom. The van der Waals surface area contributed by atoms with Gasteiger partial charge in [0.25, 0.3) is 0 Å². The lowest BCUT2D eigenvalue weighted by Gasteiger charge is -2.11. The number of anilines is 1. The van der Waals surface area contributed by atoms with Crippen LogP contribution in [0.5, 0.6) is 11.5 Å². The summed E-state index contributed by atoms with van der Waals surface area (Å²) in [5, 5.41) is 23.3. The number of nitrogens with zero attached hydrogens (tertiary/aromatic N) is 2. The minimum atomic E-state index is -0.200. The van der Waals surface area contributed by atoms with Gasteiger partial charge < -0.3 is 15.9 Å². The second-order valence-corrected chi connectivity index (χ2v) is 4.61. The number of nitrogens with two attached hydrogens (primary N) is 1. The second-order valence-electron chi connectivity index (χ2n) is 3.82. The molecule has 17 heavy (non-hydrogen) atoms. The summed E-state index contributed by atoms with van der Waals surface area (Å²) in [7, 11) is 1.74. The smallest absolute Gasteiger partial charge is 0.172 e. The molecule has 1 aromatic heterocycles. The molecular formula is C11H12BrN3O2. The Labute approximate surface area is 107 Å². The molecular weight excluding hydrogens is 286 g/mol. The van der Waals surface area contributed by atoms with Gasteiger partial charge in [0.05, 0.1) is 10.7 Å². The quantitative estimate of drug-likeness (QED) is 0.704. The zero-order valence-corrected chi connectivity index (χ0v) is 11.0. The van der Waals surface area contributed by atoms with Gasteiger partial charge in [0.15, 0.2) is 11.5 Å². The third-order valence-corrected chi connectivity index (χ3v) is 3.44. The molecule has 0 saturated heterocycles. The monoisotopic (exact) mass is 297 g/mol. The summed E-state index contributed by atoms with van der Waals surface area (Å²) in [4.78, 5) is 0. The molecule has 2 aromatic rings. The molecule has 0 saturated carbocycles. The van der Waals surface area contributed by atoms with E-state index in [0.29, 0.717) is 15.9 Å². The zero-order chi connectivity index (χ0) is 12.7. The SMILES string of the molecule is Cc1cc(O)c(O)c(Br)c1-c1cnn(C)c1N. The highest BCUT2D eigenvalue weighted by Gasteiger charge is 2.18. The lowest BCUT2D eigenvalue weighted by atomic mass is 10.0. The van der Waals surface area contributed by atoms with E-state index in [-0.39, 0.29) is 11.5 Å². The summed E-state index contributed by atoms with van der Waals surface area (Å²) in [6, 6.07) is 1.49. The Morgan fingerprint density at radius 2 is 2.06 bits per heavy atom. The Hall–Kier alpha value is -1.69. The van der Waals surface area contributed by atoms with Crippen LogP contribution in [0.15, 0.2) is 16.7 Å². The van der Waals surface area contributed by atoms with Crippen LogP contribution in [0.25, 0.3) is 11.1 Å². The molecule has 0 atom stereocenters. The van der Waals surface area contributed by atoms with Crippen LogP contribution in [0.1, 0.15) is 5.56 Å². The van der Waals surface area contributed by atoms with Gasteiger partial charge in [-0.15, -0.1) is 0 Å². The third kappa shape index (κ3) is 1.74. The summed E-state index contributed by atoms with van der Waals surface area (Å²) >= 11 is 3.26. The Kier molecular flexibility index (Phi) is 2.74. The normalized spacial score (nSPS) is 10.8. The number of aromatic nitrogens is 2. The second kappa shape index (κ2) is 3.96. The highest BCUT2D eigenvalue weighted by molar-refractivity contribution is 9.10. The van der Waals surface area contributed by atoms with Crippen LogP contribution < -0.4 is 5.73 Å². The number of phenolic OH excluding ortho intramolecular Hbond substituents is 2. The van der Waals surface area contributed by atoms with E-state index in [9.17, 15) is 10.2 Å². The van der Waals surface area contributed by atoms with Crippen molar-refractivity contribution in [1.82, 2.24) is 9.78 Å². The van der Waals surface area contributed by atoms with Gasteiger partial charge in [-0.25, -0.2) is 0 Å². The maximum Gasteiger partial charge on any atom is 0.172 e. The first-order valence-corrected chi connectivity index (χ1v) is 5.71. The number of benzene rings is 1. The number of aromatic hydroxyl groups is 2. The fourth-order valence-electron chi connectivity index (χ4n) is 1.72. The van der Waals surface area contributed by atoms with Gasteiger partial charge in [-0.3, -0.25) is 4.68 Å². The van der Waals surface area contributed by atoms with E-state index in [2.05, 4.69) is 21.0 Å². The maximum absolute atomic E-state index is 9.71. The number of phenols is 2. The molecule has 0 aliphatic rings. The van der Waals surface area contributed by atoms with Crippen molar-refractivity contribution in [2.75, 3.05) is 5.73 Å². The Bertz CT molecular complexity index is 593. The minimum absolute atomic E-state index is 0.166. The lowest BCUT2D eigenvalue weighted by molar-refractivity contribution is 0.401. The molecule has 2 rings (SSSR count). The molecule has 0 bridgehead atoms. The highest BCUT2D eigenvalue weighted by Crippen LogP contribution is 2.44. The number of hydrogen-bond acceptors (Lipinski definition) is 4. The fourth-order valence-corrected chi connectivity index (χ4v) is 2.45. The molecule has 6 heteroatoms. The molecule has 0 aliphatic carbocycles. The van der Waals surface area contributed by atoms with E-state index in [0.717, 1.165) is 11.1 Å². The van der Waals surface area contributed by atoms with Gasteiger partial charge in [-0.05, 0) is 34.5 Å². The molecule has 1 heterocycles. The average molecular weight is 298 g/mol. The first kappa shape index (κ1) is 11.8. The molecule has 0 spiro atoms. The first-order chi connectivity index (χ1) is 7.93. The van der Waals surface area contributed by atoms with Crippen molar-refractivity contribution in [3.8, 4) is 22.6 Å². The van der Waals surface area contributed by atoms with Crippen molar-refractivity contribution in [1.29, 1.82) is 0 Å². The summed E-state index contributed by atoms with van der Waals surface area (Å²) in [6.07, 6.45) is 1.62. The van der Waals surface area contributed by atoms with Crippen molar-refractivity contribution in [3.63, 3.8) is 0 Å². The van der Waals surface area contributed by atoms with E-state index in [1.807, 2.05) is 6.92 Å². The molecule has 0 aliphatic heterocycles. The number of aryl methyl sites for hydroxylation is 2. The highest BCUT2D eigenvalue weighted by atomic mass is 79.9. The minimum Gasteiger partial charge on any atom is -0.504 e. The van der Waals surface area contributed by atoms with Crippen molar-refractivity contribution >= 4 is 21.7 Å². The van der Waals surface area contributed by atoms with E-state index in [1.165, 1.54) is 6.07 Å². The van der Waals surface area contributed by atoms with E-state index >= 15 is 0 Å². The predicted molar refractivity (Wildman–Crippen MR) is 68.8 cm³/mol. The molecule has 1 aromatic carbocycles. The van der Waals surface area contributed by atoms with Crippen LogP contribution in [0.3, 0.4) is 0 Å². The van der Waals surface area contributed by atoms with Crippen LogP contribution in [-0.4, -0.2) is 20.0 Å². The summed E-state index contributed by atoms with van der Waals surface area (Å²) in [5.41, 5.74) is 8.14. The number of halogens is 1. The summed E-state index contributed by atoms with van der Waals surface area (Å²) < 4.78 is 1.96. The number of hydrogen-bond donors (Lipinski definition) is 3. The predicted octanol–water partition coefficient (Wildman–Crippen LogP) is 2.15. The van der Waals surface area contributed by atoms with Gasteiger partial charge in [0.2, 0.25) is 0 Å². The molecule has 4 N–H and O–H groups in total. The summed E-state index contributed by atoms with van der Waals surface area (Å²) in [5.74, 6) is 0.133. The van der Waals surface area contributed by atoms with Gasteiger partial charge in [-0.1, -0.05) is 0 Å². The van der Waals surface area contributed by atoms with Gasteiger partial charge in [-0.2, -0.15) is 5.10 Å². The molecule has 0 unspecified atom stereocenters. The molecule has 0 amide bonds. The number of rotatable bonds is 1. The average Bonchev–Trinajstić information content (AvgIpc) is 2.58. The van der Waals surface area contributed by atoms with Gasteiger partial charge >= 0.3 is 0 Å². The summed E-state index contributed by atoms with van der Waals surface area (Å²) in [6.45, 7) is 1.83. The topological polar surface area (TPSA) is 84.3 Å². The lowest BCUT2D eigenvalue weighted by Crippen LogP contribution is -1.98. The van der Waals surface area contributed by atoms with Crippen LogP contribution in [0.4, 0.5) is 5.82 Å². The van der Waals surface area contributed by atoms with E-state index in [1.54, 1.807) is 17.9 Å². The third-order valence-electron chi connectivity index (χ3n) is 2.67. The molecule has 0 fully saturated rings. The van der Waals surface area contributed by atoms with Crippen molar-refractivity contribution in [2.24, 2.45) is 7.05 Å². The fraction of sp³-hybridized carbons (Fsp3) is 0.182. The Balaban J connectivity index is 2.76. The van der Waals surface area contributed by atoms with Gasteiger partial charge in [0.1, 0.15) is 5.82 Å². The molecule has 0 radical (unpaired) electrons. The van der Waals surface area contributed by atoms with Crippen LogP contribution in [0.2, 0.25) is 0 Å². The van der Waals surface area contributed by atoms with Crippen LogP contribution in [-0.2, 0) is 7.05 Å². The van der Waals surface area contributed by atoms with E-state index < -0.39 is 0 Å².